The highest BCUT2D eigenvalue weighted by molar-refractivity contribution is 6.18. The van der Waals surface area contributed by atoms with Crippen LogP contribution in [0.25, 0.3) is 0 Å². The highest BCUT2D eigenvalue weighted by Crippen LogP contribution is 2.15. The van der Waals surface area contributed by atoms with Gasteiger partial charge in [0.25, 0.3) is 0 Å². The maximum atomic E-state index is 5.56. The number of hydrogen-bond acceptors (Lipinski definition) is 3. The number of alkyl halides is 1. The van der Waals surface area contributed by atoms with Gasteiger partial charge < -0.3 is 4.74 Å². The third-order valence-corrected chi connectivity index (χ3v) is 3.42. The number of pyridine rings is 1. The van der Waals surface area contributed by atoms with Crippen molar-refractivity contribution in [2.75, 3.05) is 25.6 Å². The van der Waals surface area contributed by atoms with E-state index in [1.54, 1.807) is 0 Å². The Morgan fingerprint density at radius 3 is 2.89 bits per heavy atom. The first-order chi connectivity index (χ1) is 9.38. The number of likely N-dealkylation sites (tertiary alicyclic amines) is 1. The van der Waals surface area contributed by atoms with Gasteiger partial charge in [0.15, 0.2) is 0 Å². The first-order valence-electron chi connectivity index (χ1n) is 6.89. The molecule has 4 heteroatoms. The molecular weight excluding hydrogens is 260 g/mol. The van der Waals surface area contributed by atoms with E-state index in [4.69, 9.17) is 16.3 Å². The van der Waals surface area contributed by atoms with Gasteiger partial charge in [-0.2, -0.15) is 0 Å². The average molecular weight is 281 g/mol. The van der Waals surface area contributed by atoms with Gasteiger partial charge in [-0.1, -0.05) is 18.6 Å². The molecule has 0 N–H and O–H groups in total. The van der Waals surface area contributed by atoms with Gasteiger partial charge in [0.2, 0.25) is 5.88 Å². The number of hydrogen-bond donors (Lipinski definition) is 0. The second-order valence-electron chi connectivity index (χ2n) is 4.78. The molecule has 1 fully saturated rings. The Balaban J connectivity index is 1.85. The summed E-state index contributed by atoms with van der Waals surface area (Å²) in [6, 6.07) is 4.10. The molecule has 0 unspecified atom stereocenters. The molecule has 1 aromatic heterocycles. The normalized spacial score (nSPS) is 16.9. The van der Waals surface area contributed by atoms with Crippen LogP contribution >= 0.6 is 11.6 Å². The summed E-state index contributed by atoms with van der Waals surface area (Å²) >= 11 is 5.55. The summed E-state index contributed by atoms with van der Waals surface area (Å²) in [6.45, 7) is 3.93. The highest BCUT2D eigenvalue weighted by Gasteiger charge is 2.10. The maximum absolute atomic E-state index is 5.56. The monoisotopic (exact) mass is 280 g/mol. The number of halogens is 1. The van der Waals surface area contributed by atoms with Crippen LogP contribution < -0.4 is 4.74 Å². The van der Waals surface area contributed by atoms with Crippen molar-refractivity contribution in [3.8, 4) is 5.88 Å². The fourth-order valence-electron chi connectivity index (χ4n) is 2.27. The van der Waals surface area contributed by atoms with E-state index in [2.05, 4.69) is 16.0 Å². The van der Waals surface area contributed by atoms with E-state index in [-0.39, 0.29) is 0 Å². The molecule has 0 bridgehead atoms. The van der Waals surface area contributed by atoms with E-state index in [1.165, 1.54) is 37.9 Å². The largest absolute Gasteiger partial charge is 0.473 e. The summed E-state index contributed by atoms with van der Waals surface area (Å²) < 4.78 is 5.56. The number of aromatic nitrogens is 1. The van der Waals surface area contributed by atoms with Crippen LogP contribution in [0.3, 0.4) is 0 Å². The lowest BCUT2D eigenvalue weighted by molar-refractivity contribution is 0.220. The van der Waals surface area contributed by atoms with Crippen LogP contribution in [0.1, 0.15) is 24.8 Å². The SMILES string of the molecule is ClC/C=C/COc1cc(CN2CCCCC2)ccn1. The van der Waals surface area contributed by atoms with Gasteiger partial charge in [-0.15, -0.1) is 11.6 Å². The van der Waals surface area contributed by atoms with Crippen molar-refractivity contribution in [3.05, 3.63) is 36.0 Å². The van der Waals surface area contributed by atoms with Crippen molar-refractivity contribution < 1.29 is 4.74 Å². The zero-order chi connectivity index (χ0) is 13.3. The van der Waals surface area contributed by atoms with Crippen molar-refractivity contribution in [1.82, 2.24) is 9.88 Å². The summed E-state index contributed by atoms with van der Waals surface area (Å²) in [4.78, 5) is 6.72. The van der Waals surface area contributed by atoms with E-state index >= 15 is 0 Å². The Kier molecular flexibility index (Phi) is 6.18. The van der Waals surface area contributed by atoms with Crippen molar-refractivity contribution in [3.63, 3.8) is 0 Å². The third kappa shape index (κ3) is 5.21. The molecule has 0 amide bonds. The molecule has 0 saturated carbocycles. The van der Waals surface area contributed by atoms with E-state index < -0.39 is 0 Å². The molecule has 2 heterocycles. The molecule has 0 aromatic carbocycles. The van der Waals surface area contributed by atoms with Crippen molar-refractivity contribution in [1.29, 1.82) is 0 Å². The van der Waals surface area contributed by atoms with Gasteiger partial charge in [-0.25, -0.2) is 4.98 Å². The van der Waals surface area contributed by atoms with Crippen LogP contribution in [0.2, 0.25) is 0 Å². The van der Waals surface area contributed by atoms with Gasteiger partial charge in [0.05, 0.1) is 0 Å². The molecule has 19 heavy (non-hydrogen) atoms. The smallest absolute Gasteiger partial charge is 0.213 e. The number of rotatable bonds is 6. The zero-order valence-corrected chi connectivity index (χ0v) is 12.0. The standard InChI is InChI=1S/C15H21ClN2O/c16-7-2-5-11-19-15-12-14(6-8-17-15)13-18-9-3-1-4-10-18/h2,5-6,8,12H,1,3-4,7,9-11,13H2/b5-2+. The third-order valence-electron chi connectivity index (χ3n) is 3.24. The van der Waals surface area contributed by atoms with Crippen LogP contribution in [-0.4, -0.2) is 35.5 Å². The number of nitrogens with zero attached hydrogens (tertiary/aromatic N) is 2. The molecule has 1 aliphatic rings. The number of allylic oxidation sites excluding steroid dienone is 1. The van der Waals surface area contributed by atoms with Crippen molar-refractivity contribution in [2.24, 2.45) is 0 Å². The molecule has 0 spiro atoms. The average Bonchev–Trinajstić information content (AvgIpc) is 2.45. The first kappa shape index (κ1) is 14.4. The molecule has 1 aliphatic heterocycles. The minimum absolute atomic E-state index is 0.520. The fourth-order valence-corrected chi connectivity index (χ4v) is 2.39. The van der Waals surface area contributed by atoms with Gasteiger partial charge in [-0.3, -0.25) is 4.90 Å². The molecule has 0 aliphatic carbocycles. The minimum atomic E-state index is 0.520. The molecule has 1 aromatic rings. The minimum Gasteiger partial charge on any atom is -0.473 e. The molecule has 2 rings (SSSR count). The van der Waals surface area contributed by atoms with Gasteiger partial charge >= 0.3 is 0 Å². The quantitative estimate of drug-likeness (QED) is 0.591. The van der Waals surface area contributed by atoms with Crippen LogP contribution in [0.4, 0.5) is 0 Å². The Labute approximate surface area is 120 Å². The molecule has 0 atom stereocenters. The van der Waals surface area contributed by atoms with Crippen LogP contribution in [-0.2, 0) is 6.54 Å². The van der Waals surface area contributed by atoms with Crippen LogP contribution in [0.15, 0.2) is 30.5 Å². The Bertz CT molecular complexity index is 403. The summed E-state index contributed by atoms with van der Waals surface area (Å²) in [6.07, 6.45) is 9.61. The zero-order valence-electron chi connectivity index (χ0n) is 11.2. The second kappa shape index (κ2) is 8.18. The summed E-state index contributed by atoms with van der Waals surface area (Å²) in [5.41, 5.74) is 1.27. The first-order valence-corrected chi connectivity index (χ1v) is 7.43. The Hall–Kier alpha value is -1.06. The molecule has 104 valence electrons. The van der Waals surface area contributed by atoms with Crippen LogP contribution in [0, 0.1) is 0 Å². The predicted molar refractivity (Wildman–Crippen MR) is 78.7 cm³/mol. The van der Waals surface area contributed by atoms with E-state index in [9.17, 15) is 0 Å². The van der Waals surface area contributed by atoms with Gasteiger partial charge in [0.1, 0.15) is 6.61 Å². The van der Waals surface area contributed by atoms with Crippen molar-refractivity contribution in [2.45, 2.75) is 25.8 Å². The molecule has 0 radical (unpaired) electrons. The van der Waals surface area contributed by atoms with E-state index in [0.717, 1.165) is 6.54 Å². The molecule has 3 nitrogen and oxygen atoms in total. The van der Waals surface area contributed by atoms with Crippen molar-refractivity contribution >= 4 is 11.6 Å². The van der Waals surface area contributed by atoms with E-state index in [0.29, 0.717) is 18.4 Å². The number of ether oxygens (including phenoxy) is 1. The lowest BCUT2D eigenvalue weighted by atomic mass is 10.1. The molecular formula is C15H21ClN2O. The fraction of sp³-hybridized carbons (Fsp3) is 0.533. The molecule has 1 saturated heterocycles. The summed E-state index contributed by atoms with van der Waals surface area (Å²) in [7, 11) is 0. The summed E-state index contributed by atoms with van der Waals surface area (Å²) in [5.74, 6) is 1.21. The highest BCUT2D eigenvalue weighted by atomic mass is 35.5. The van der Waals surface area contributed by atoms with Gasteiger partial charge in [0, 0.05) is 24.7 Å². The lowest BCUT2D eigenvalue weighted by Gasteiger charge is -2.26. The maximum Gasteiger partial charge on any atom is 0.213 e. The topological polar surface area (TPSA) is 25.4 Å². The van der Waals surface area contributed by atoms with Gasteiger partial charge in [-0.05, 0) is 37.6 Å². The predicted octanol–water partition coefficient (Wildman–Crippen LogP) is 3.24. The summed E-state index contributed by atoms with van der Waals surface area (Å²) in [5, 5.41) is 0. The second-order valence-corrected chi connectivity index (χ2v) is 5.08. The van der Waals surface area contributed by atoms with E-state index in [1.807, 2.05) is 24.4 Å². The lowest BCUT2D eigenvalue weighted by Crippen LogP contribution is -2.29. The number of piperidine rings is 1. The van der Waals surface area contributed by atoms with Crippen LogP contribution in [0.5, 0.6) is 5.88 Å². The Morgan fingerprint density at radius 1 is 1.26 bits per heavy atom. The Morgan fingerprint density at radius 2 is 2.11 bits per heavy atom.